The molecule has 182 valence electrons. The first-order chi connectivity index (χ1) is 17.0. The lowest BCUT2D eigenvalue weighted by atomic mass is 9.88. The SMILES string of the molecule is O=C1C(O)OC(CSc2nc3ccccc3s2)(C(=O)NCCO)C1CSc1nc2ccccc2s1. The maximum Gasteiger partial charge on any atom is 0.254 e. The number of para-hydroxylation sites is 2. The molecule has 5 rings (SSSR count). The maximum atomic E-state index is 13.3. The summed E-state index contributed by atoms with van der Waals surface area (Å²) < 4.78 is 9.26. The number of thiazole rings is 2. The maximum absolute atomic E-state index is 13.3. The van der Waals surface area contributed by atoms with Gasteiger partial charge in [0.2, 0.25) is 6.29 Å². The van der Waals surface area contributed by atoms with Gasteiger partial charge < -0.3 is 20.3 Å². The number of aliphatic hydroxyl groups excluding tert-OH is 2. The average molecular weight is 548 g/mol. The molecule has 1 saturated heterocycles. The monoisotopic (exact) mass is 547 g/mol. The largest absolute Gasteiger partial charge is 0.395 e. The summed E-state index contributed by atoms with van der Waals surface area (Å²) in [7, 11) is 0. The highest BCUT2D eigenvalue weighted by Crippen LogP contribution is 2.42. The van der Waals surface area contributed by atoms with Gasteiger partial charge in [-0.25, -0.2) is 9.97 Å². The number of carbonyl (C=O) groups excluding carboxylic acids is 2. The Balaban J connectivity index is 1.41. The molecule has 12 heteroatoms. The molecule has 8 nitrogen and oxygen atoms in total. The Bertz CT molecular complexity index is 1310. The van der Waals surface area contributed by atoms with Gasteiger partial charge in [0.05, 0.1) is 33.0 Å². The highest BCUT2D eigenvalue weighted by atomic mass is 32.2. The van der Waals surface area contributed by atoms with Gasteiger partial charge in [0.1, 0.15) is 0 Å². The first kappa shape index (κ1) is 24.6. The molecule has 3 N–H and O–H groups in total. The molecule has 3 heterocycles. The van der Waals surface area contributed by atoms with E-state index in [0.717, 1.165) is 29.1 Å². The number of benzene rings is 2. The Labute approximate surface area is 217 Å². The standard InChI is InChI=1S/C23H21N3O5S4/c27-10-9-24-20(30)23(12-33-22-26-15-6-2-4-8-17(15)35-22)13(18(28)19(29)31-23)11-32-21-25-14-5-1-3-7-16(14)34-21/h1-8,13,19,27,29H,9-12H2,(H,24,30). The summed E-state index contributed by atoms with van der Waals surface area (Å²) in [4.78, 5) is 35.5. The van der Waals surface area contributed by atoms with E-state index in [1.807, 2.05) is 48.5 Å². The van der Waals surface area contributed by atoms with Gasteiger partial charge in [-0.15, -0.1) is 22.7 Å². The molecule has 3 atom stereocenters. The minimum absolute atomic E-state index is 0.0117. The van der Waals surface area contributed by atoms with Crippen LogP contribution in [0.25, 0.3) is 20.4 Å². The van der Waals surface area contributed by atoms with Crippen molar-refractivity contribution in [2.45, 2.75) is 20.6 Å². The Hall–Kier alpha value is -2.06. The number of nitrogens with one attached hydrogen (secondary N) is 1. The number of carbonyl (C=O) groups is 2. The van der Waals surface area contributed by atoms with Crippen molar-refractivity contribution in [3.05, 3.63) is 48.5 Å². The van der Waals surface area contributed by atoms with Gasteiger partial charge in [-0.2, -0.15) is 0 Å². The average Bonchev–Trinajstić information content (AvgIpc) is 3.54. The summed E-state index contributed by atoms with van der Waals surface area (Å²) in [5.74, 6) is -1.70. The number of thioether (sulfide) groups is 2. The summed E-state index contributed by atoms with van der Waals surface area (Å²) in [6.45, 7) is -0.244. The Morgan fingerprint density at radius 2 is 1.63 bits per heavy atom. The van der Waals surface area contributed by atoms with E-state index in [-0.39, 0.29) is 24.7 Å². The van der Waals surface area contributed by atoms with Crippen LogP contribution in [-0.4, -0.2) is 68.4 Å². The van der Waals surface area contributed by atoms with Gasteiger partial charge in [-0.3, -0.25) is 9.59 Å². The molecule has 2 aromatic heterocycles. The lowest BCUT2D eigenvalue weighted by molar-refractivity contribution is -0.166. The highest BCUT2D eigenvalue weighted by Gasteiger charge is 2.59. The highest BCUT2D eigenvalue weighted by molar-refractivity contribution is 8.01. The number of hydrogen-bond donors (Lipinski definition) is 3. The molecule has 1 fully saturated rings. The van der Waals surface area contributed by atoms with Crippen molar-refractivity contribution >= 4 is 78.3 Å². The molecule has 1 aliphatic heterocycles. The number of fused-ring (bicyclic) bond motifs is 2. The van der Waals surface area contributed by atoms with Gasteiger partial charge in [0, 0.05) is 18.1 Å². The lowest BCUT2D eigenvalue weighted by Crippen LogP contribution is -2.55. The predicted octanol–water partition coefficient (Wildman–Crippen LogP) is 3.17. The number of amides is 1. The fraction of sp³-hybridized carbons (Fsp3) is 0.304. The Morgan fingerprint density at radius 1 is 1.03 bits per heavy atom. The molecular formula is C23H21N3O5S4. The summed E-state index contributed by atoms with van der Waals surface area (Å²) >= 11 is 5.67. The van der Waals surface area contributed by atoms with Crippen LogP contribution in [-0.2, 0) is 14.3 Å². The molecule has 0 spiro atoms. The number of Topliss-reactive ketones (excluding diaryl/α,β-unsaturated/α-hetero) is 1. The zero-order valence-corrected chi connectivity index (χ0v) is 21.5. The molecular weight excluding hydrogens is 527 g/mol. The van der Waals surface area contributed by atoms with E-state index in [1.54, 1.807) is 0 Å². The zero-order chi connectivity index (χ0) is 24.4. The smallest absolute Gasteiger partial charge is 0.254 e. The van der Waals surface area contributed by atoms with Crippen molar-refractivity contribution in [3.63, 3.8) is 0 Å². The van der Waals surface area contributed by atoms with E-state index >= 15 is 0 Å². The van der Waals surface area contributed by atoms with E-state index in [2.05, 4.69) is 15.3 Å². The molecule has 1 aliphatic rings. The van der Waals surface area contributed by atoms with Crippen molar-refractivity contribution in [1.82, 2.24) is 15.3 Å². The molecule has 0 radical (unpaired) electrons. The van der Waals surface area contributed by atoms with E-state index in [0.29, 0.717) is 0 Å². The molecule has 1 amide bonds. The molecule has 0 bridgehead atoms. The van der Waals surface area contributed by atoms with Crippen LogP contribution < -0.4 is 5.32 Å². The molecule has 0 saturated carbocycles. The number of rotatable bonds is 9. The normalized spacial score (nSPS) is 22.3. The molecule has 3 unspecified atom stereocenters. The third kappa shape index (κ3) is 4.96. The van der Waals surface area contributed by atoms with Crippen LogP contribution in [0.4, 0.5) is 0 Å². The topological polar surface area (TPSA) is 122 Å². The van der Waals surface area contributed by atoms with E-state index in [1.165, 1.54) is 46.2 Å². The van der Waals surface area contributed by atoms with Crippen molar-refractivity contribution in [1.29, 1.82) is 0 Å². The van der Waals surface area contributed by atoms with Crippen LogP contribution in [0.5, 0.6) is 0 Å². The number of aliphatic hydroxyl groups is 2. The number of hydrogen-bond acceptors (Lipinski definition) is 11. The number of nitrogens with zero attached hydrogens (tertiary/aromatic N) is 2. The van der Waals surface area contributed by atoms with E-state index in [4.69, 9.17) is 4.74 Å². The summed E-state index contributed by atoms with van der Waals surface area (Å²) in [6, 6.07) is 15.5. The number of aromatic nitrogens is 2. The third-order valence-corrected chi connectivity index (χ3v) is 10.2. The third-order valence-electron chi connectivity index (χ3n) is 5.59. The first-order valence-corrected chi connectivity index (χ1v) is 14.4. The van der Waals surface area contributed by atoms with Crippen LogP contribution >= 0.6 is 46.2 Å². The van der Waals surface area contributed by atoms with Crippen molar-refractivity contribution in [2.24, 2.45) is 5.92 Å². The minimum Gasteiger partial charge on any atom is -0.395 e. The lowest BCUT2D eigenvalue weighted by Gasteiger charge is -2.31. The zero-order valence-electron chi connectivity index (χ0n) is 18.2. The van der Waals surface area contributed by atoms with Gasteiger partial charge in [0.15, 0.2) is 20.1 Å². The van der Waals surface area contributed by atoms with Crippen LogP contribution in [0.15, 0.2) is 57.2 Å². The number of ketones is 1. The fourth-order valence-corrected chi connectivity index (χ4v) is 8.43. The molecule has 4 aromatic rings. The molecule has 35 heavy (non-hydrogen) atoms. The van der Waals surface area contributed by atoms with Crippen molar-refractivity contribution < 1.29 is 24.5 Å². The van der Waals surface area contributed by atoms with Crippen LogP contribution in [0.2, 0.25) is 0 Å². The van der Waals surface area contributed by atoms with Gasteiger partial charge in [0.25, 0.3) is 5.91 Å². The summed E-state index contributed by atoms with van der Waals surface area (Å²) in [5, 5.41) is 22.2. The second kappa shape index (κ2) is 10.5. The summed E-state index contributed by atoms with van der Waals surface area (Å²) in [6.07, 6.45) is -1.70. The molecule has 0 aliphatic carbocycles. The first-order valence-electron chi connectivity index (χ1n) is 10.8. The predicted molar refractivity (Wildman–Crippen MR) is 139 cm³/mol. The van der Waals surface area contributed by atoms with Gasteiger partial charge in [-0.05, 0) is 24.3 Å². The Morgan fingerprint density at radius 3 is 2.23 bits per heavy atom. The summed E-state index contributed by atoms with van der Waals surface area (Å²) in [5.41, 5.74) is 0.107. The second-order valence-corrected chi connectivity index (χ2v) is 12.3. The van der Waals surface area contributed by atoms with Crippen LogP contribution in [0.3, 0.4) is 0 Å². The van der Waals surface area contributed by atoms with Gasteiger partial charge >= 0.3 is 0 Å². The quantitative estimate of drug-likeness (QED) is 0.271. The van der Waals surface area contributed by atoms with Crippen molar-refractivity contribution in [3.8, 4) is 0 Å². The van der Waals surface area contributed by atoms with E-state index in [9.17, 15) is 19.8 Å². The van der Waals surface area contributed by atoms with Gasteiger partial charge in [-0.1, -0.05) is 47.8 Å². The molecule has 2 aromatic carbocycles. The van der Waals surface area contributed by atoms with Crippen molar-refractivity contribution in [2.75, 3.05) is 24.7 Å². The number of ether oxygens (including phenoxy) is 1. The fourth-order valence-electron chi connectivity index (χ4n) is 3.84. The second-order valence-electron chi connectivity index (χ2n) is 7.79. The van der Waals surface area contributed by atoms with E-state index < -0.39 is 29.5 Å². The Kier molecular flexibility index (Phi) is 7.39. The van der Waals surface area contributed by atoms with Crippen LogP contribution in [0.1, 0.15) is 0 Å². The minimum atomic E-state index is -1.70. The van der Waals surface area contributed by atoms with Crippen LogP contribution in [0, 0.1) is 5.92 Å².